The zero-order valence-electron chi connectivity index (χ0n) is 19.0. The van der Waals surface area contributed by atoms with Crippen LogP contribution in [0.25, 0.3) is 0 Å². The first kappa shape index (κ1) is 23.6. The van der Waals surface area contributed by atoms with Gasteiger partial charge >= 0.3 is 0 Å². The van der Waals surface area contributed by atoms with E-state index in [1.54, 1.807) is 37.3 Å². The third-order valence-corrected chi connectivity index (χ3v) is 6.06. The lowest BCUT2D eigenvalue weighted by Crippen LogP contribution is -2.38. The molecule has 0 spiro atoms. The first-order chi connectivity index (χ1) is 16.5. The highest BCUT2D eigenvalue weighted by molar-refractivity contribution is 9.10. The highest BCUT2D eigenvalue weighted by Crippen LogP contribution is 2.36. The number of halogens is 1. The number of methoxy groups -OCH3 is 2. The molecule has 0 unspecified atom stereocenters. The van der Waals surface area contributed by atoms with E-state index in [2.05, 4.69) is 21.2 Å². The largest absolute Gasteiger partial charge is 0.493 e. The number of benzene rings is 3. The molecule has 0 fully saturated rings. The van der Waals surface area contributed by atoms with E-state index < -0.39 is 0 Å². The van der Waals surface area contributed by atoms with Gasteiger partial charge in [0.1, 0.15) is 5.75 Å². The number of rotatable bonds is 8. The number of hydrogen-bond donors (Lipinski definition) is 1. The van der Waals surface area contributed by atoms with Gasteiger partial charge in [-0.25, -0.2) is 0 Å². The fourth-order valence-electron chi connectivity index (χ4n) is 3.74. The van der Waals surface area contributed by atoms with E-state index in [-0.39, 0.29) is 18.4 Å². The van der Waals surface area contributed by atoms with Crippen LogP contribution in [0.5, 0.6) is 17.2 Å². The number of ether oxygens (including phenoxy) is 3. The molecule has 1 N–H and O–H groups in total. The van der Waals surface area contributed by atoms with Crippen molar-refractivity contribution in [1.29, 1.82) is 0 Å². The van der Waals surface area contributed by atoms with Crippen LogP contribution >= 0.6 is 15.9 Å². The summed E-state index contributed by atoms with van der Waals surface area (Å²) in [6, 6.07) is 18.8. The van der Waals surface area contributed by atoms with Crippen LogP contribution in [0.4, 0.5) is 11.4 Å². The summed E-state index contributed by atoms with van der Waals surface area (Å²) in [5.41, 5.74) is 3.21. The molecule has 176 valence electrons. The van der Waals surface area contributed by atoms with Crippen molar-refractivity contribution in [2.75, 3.05) is 31.0 Å². The first-order valence-corrected chi connectivity index (χ1v) is 11.6. The summed E-state index contributed by atoms with van der Waals surface area (Å²) < 4.78 is 17.2. The summed E-state index contributed by atoms with van der Waals surface area (Å²) in [6.45, 7) is 0.403. The number of aryl methyl sites for hydroxylation is 1. The summed E-state index contributed by atoms with van der Waals surface area (Å²) in [5, 5.41) is 2.93. The molecule has 0 atom stereocenters. The molecule has 0 bridgehead atoms. The van der Waals surface area contributed by atoms with Gasteiger partial charge in [0.2, 0.25) is 5.91 Å². The van der Waals surface area contributed by atoms with E-state index in [0.29, 0.717) is 48.0 Å². The zero-order valence-corrected chi connectivity index (χ0v) is 20.6. The van der Waals surface area contributed by atoms with Crippen molar-refractivity contribution in [3.63, 3.8) is 0 Å². The van der Waals surface area contributed by atoms with Gasteiger partial charge in [-0.15, -0.1) is 0 Å². The van der Waals surface area contributed by atoms with Crippen molar-refractivity contribution < 1.29 is 23.8 Å². The lowest BCUT2D eigenvalue weighted by Gasteiger charge is -2.30. The Hall–Kier alpha value is -3.52. The summed E-state index contributed by atoms with van der Waals surface area (Å²) in [7, 11) is 3.17. The van der Waals surface area contributed by atoms with Gasteiger partial charge in [0.05, 0.1) is 26.5 Å². The summed E-state index contributed by atoms with van der Waals surface area (Å²) >= 11 is 3.43. The van der Waals surface area contributed by atoms with Crippen molar-refractivity contribution >= 4 is 39.1 Å². The third kappa shape index (κ3) is 5.51. The van der Waals surface area contributed by atoms with Gasteiger partial charge in [-0.2, -0.15) is 0 Å². The van der Waals surface area contributed by atoms with Gasteiger partial charge in [-0.1, -0.05) is 34.1 Å². The molecule has 0 saturated heterocycles. The minimum Gasteiger partial charge on any atom is -0.493 e. The molecule has 2 amide bonds. The molecule has 0 saturated carbocycles. The fourth-order valence-corrected chi connectivity index (χ4v) is 4.01. The molecule has 1 heterocycles. The van der Waals surface area contributed by atoms with Crippen LogP contribution in [0.2, 0.25) is 0 Å². The molecular formula is C26H25BrN2O5. The van der Waals surface area contributed by atoms with Crippen molar-refractivity contribution in [3.05, 3.63) is 76.3 Å². The maximum atomic E-state index is 12.6. The number of carbonyl (C=O) groups excluding carboxylic acids is 2. The quantitative estimate of drug-likeness (QED) is 0.450. The number of carbonyl (C=O) groups is 2. The van der Waals surface area contributed by atoms with Crippen LogP contribution < -0.4 is 24.4 Å². The molecular weight excluding hydrogens is 500 g/mol. The van der Waals surface area contributed by atoms with Gasteiger partial charge in [0.25, 0.3) is 5.91 Å². The molecule has 0 radical (unpaired) electrons. The molecule has 3 aromatic carbocycles. The Bertz CT molecular complexity index is 1200. The average molecular weight is 525 g/mol. The molecule has 1 aliphatic heterocycles. The maximum Gasteiger partial charge on any atom is 0.265 e. The van der Waals surface area contributed by atoms with Gasteiger partial charge in [0.15, 0.2) is 18.1 Å². The second-order valence-electron chi connectivity index (χ2n) is 7.82. The van der Waals surface area contributed by atoms with Crippen molar-refractivity contribution in [2.45, 2.75) is 19.4 Å². The number of amides is 2. The van der Waals surface area contributed by atoms with Crippen molar-refractivity contribution in [1.82, 2.24) is 0 Å². The fraction of sp³-hybridized carbons (Fsp3) is 0.231. The number of nitrogens with one attached hydrogen (secondary N) is 1. The lowest BCUT2D eigenvalue weighted by molar-refractivity contribution is -0.121. The predicted molar refractivity (Wildman–Crippen MR) is 134 cm³/mol. The van der Waals surface area contributed by atoms with Crippen LogP contribution in [0.15, 0.2) is 65.1 Å². The number of nitrogens with zero attached hydrogens (tertiary/aromatic N) is 1. The van der Waals surface area contributed by atoms with Crippen molar-refractivity contribution in [2.24, 2.45) is 0 Å². The third-order valence-electron chi connectivity index (χ3n) is 5.53. The van der Waals surface area contributed by atoms with Gasteiger partial charge < -0.3 is 24.4 Å². The predicted octanol–water partition coefficient (Wildman–Crippen LogP) is 4.96. The highest BCUT2D eigenvalue weighted by Gasteiger charge is 2.26. The number of fused-ring (bicyclic) bond motifs is 1. The zero-order chi connectivity index (χ0) is 24.1. The van der Waals surface area contributed by atoms with E-state index in [1.807, 2.05) is 42.5 Å². The summed E-state index contributed by atoms with van der Waals surface area (Å²) in [4.78, 5) is 26.9. The lowest BCUT2D eigenvalue weighted by atomic mass is 10.1. The normalized spacial score (nSPS) is 12.6. The molecule has 1 aliphatic rings. The minimum absolute atomic E-state index is 0.0133. The van der Waals surface area contributed by atoms with E-state index in [1.165, 1.54) is 0 Å². The molecule has 0 aliphatic carbocycles. The van der Waals surface area contributed by atoms with Crippen LogP contribution in [0.3, 0.4) is 0 Å². The second-order valence-corrected chi connectivity index (χ2v) is 8.73. The summed E-state index contributed by atoms with van der Waals surface area (Å²) in [5.74, 6) is 1.63. The van der Waals surface area contributed by atoms with Gasteiger partial charge in [-0.3, -0.25) is 9.59 Å². The van der Waals surface area contributed by atoms with E-state index >= 15 is 0 Å². The Morgan fingerprint density at radius 2 is 1.74 bits per heavy atom. The van der Waals surface area contributed by atoms with Gasteiger partial charge in [0, 0.05) is 16.6 Å². The van der Waals surface area contributed by atoms with E-state index in [0.717, 1.165) is 15.6 Å². The second kappa shape index (κ2) is 10.6. The van der Waals surface area contributed by atoms with E-state index in [4.69, 9.17) is 14.2 Å². The molecule has 7 nitrogen and oxygen atoms in total. The molecule has 8 heteroatoms. The van der Waals surface area contributed by atoms with Crippen LogP contribution in [0.1, 0.15) is 17.5 Å². The highest BCUT2D eigenvalue weighted by atomic mass is 79.9. The van der Waals surface area contributed by atoms with Gasteiger partial charge in [-0.05, 0) is 60.0 Å². The molecule has 34 heavy (non-hydrogen) atoms. The molecule has 4 rings (SSSR count). The topological polar surface area (TPSA) is 77.1 Å². The Kier molecular flexibility index (Phi) is 7.37. The van der Waals surface area contributed by atoms with E-state index in [9.17, 15) is 9.59 Å². The monoisotopic (exact) mass is 524 g/mol. The van der Waals surface area contributed by atoms with Crippen LogP contribution in [-0.2, 0) is 22.6 Å². The Morgan fingerprint density at radius 3 is 2.47 bits per heavy atom. The SMILES string of the molecule is COc1ccc(CCC(=O)Nc2ccc3c(c2)N(Cc2ccc(Br)cc2)C(=O)CO3)cc1OC. The number of anilines is 2. The first-order valence-electron chi connectivity index (χ1n) is 10.8. The Morgan fingerprint density at radius 1 is 1.00 bits per heavy atom. The smallest absolute Gasteiger partial charge is 0.265 e. The molecule has 3 aromatic rings. The summed E-state index contributed by atoms with van der Waals surface area (Å²) in [6.07, 6.45) is 0.846. The Balaban J connectivity index is 1.44. The van der Waals surface area contributed by atoms with Crippen molar-refractivity contribution in [3.8, 4) is 17.2 Å². The number of hydrogen-bond acceptors (Lipinski definition) is 5. The average Bonchev–Trinajstić information content (AvgIpc) is 2.85. The maximum absolute atomic E-state index is 12.6. The molecule has 0 aromatic heterocycles. The van der Waals surface area contributed by atoms with Crippen LogP contribution in [0, 0.1) is 0 Å². The minimum atomic E-state index is -0.132. The standard InChI is InChI=1S/C26H25BrN2O5/c1-32-23-10-5-17(13-24(23)33-2)6-12-25(30)28-20-9-11-22-21(14-20)29(26(31)16-34-22)15-18-3-7-19(27)8-4-18/h3-5,7-11,13-14H,6,12,15-16H2,1-2H3,(H,28,30). The Labute approximate surface area is 206 Å². The van der Waals surface area contributed by atoms with Crippen LogP contribution in [-0.4, -0.2) is 32.6 Å².